The molecule has 2 aromatic carbocycles. The van der Waals surface area contributed by atoms with E-state index in [4.69, 9.17) is 21.1 Å². The van der Waals surface area contributed by atoms with Gasteiger partial charge in [-0.15, -0.1) is 0 Å². The molecule has 2 aliphatic carbocycles. The minimum absolute atomic E-state index is 0.0951. The van der Waals surface area contributed by atoms with Gasteiger partial charge in [0, 0.05) is 63.4 Å². The van der Waals surface area contributed by atoms with Gasteiger partial charge in [0.15, 0.2) is 0 Å². The molecule has 10 nitrogen and oxygen atoms in total. The Balaban J connectivity index is 1.34. The predicted octanol–water partition coefficient (Wildman–Crippen LogP) is 4.97. The fourth-order valence-corrected chi connectivity index (χ4v) is 9.64. The van der Waals surface area contributed by atoms with Gasteiger partial charge >= 0.3 is 10.2 Å². The summed E-state index contributed by atoms with van der Waals surface area (Å²) in [7, 11) is -0.243. The summed E-state index contributed by atoms with van der Waals surface area (Å²) in [5, 5.41) is 0.699. The Labute approximate surface area is 299 Å². The summed E-state index contributed by atoms with van der Waals surface area (Å²) in [5.41, 5.74) is -0.381. The maximum absolute atomic E-state index is 17.6. The fourth-order valence-electron chi connectivity index (χ4n) is 8.86. The number of anilines is 1. The molecule has 3 heterocycles. The summed E-state index contributed by atoms with van der Waals surface area (Å²) in [6.07, 6.45) is 6.80. The Kier molecular flexibility index (Phi) is 9.62. The van der Waals surface area contributed by atoms with Crippen LogP contribution in [0.3, 0.4) is 0 Å². The molecule has 2 fully saturated rings. The highest BCUT2D eigenvalue weighted by molar-refractivity contribution is 7.87. The third-order valence-corrected chi connectivity index (χ3v) is 13.7. The summed E-state index contributed by atoms with van der Waals surface area (Å²) >= 11 is 6.45. The molecule has 0 radical (unpaired) electrons. The lowest BCUT2D eigenvalue weighted by Gasteiger charge is -2.48. The molecule has 1 spiro atoms. The van der Waals surface area contributed by atoms with Gasteiger partial charge in [-0.1, -0.05) is 23.7 Å². The van der Waals surface area contributed by atoms with E-state index in [0.717, 1.165) is 55.7 Å². The van der Waals surface area contributed by atoms with Gasteiger partial charge in [-0.25, -0.2) is 9.11 Å². The molecule has 1 saturated heterocycles. The van der Waals surface area contributed by atoms with Gasteiger partial charge in [0.05, 0.1) is 24.8 Å². The highest BCUT2D eigenvalue weighted by Gasteiger charge is 2.49. The van der Waals surface area contributed by atoms with Gasteiger partial charge in [-0.3, -0.25) is 9.59 Å². The largest absolute Gasteiger partial charge is 0.490 e. The van der Waals surface area contributed by atoms with Crippen LogP contribution in [0.4, 0.5) is 10.1 Å². The summed E-state index contributed by atoms with van der Waals surface area (Å²) in [4.78, 5) is 31.2. The van der Waals surface area contributed by atoms with Crippen LogP contribution in [0.15, 0.2) is 36.4 Å². The van der Waals surface area contributed by atoms with Crippen LogP contribution < -0.4 is 14.4 Å². The fraction of sp³-hybridized carbons (Fsp3) is 0.622. The van der Waals surface area contributed by atoms with Crippen LogP contribution in [0, 0.1) is 17.8 Å². The number of carbonyl (C=O) groups is 2. The van der Waals surface area contributed by atoms with Crippen LogP contribution in [-0.4, -0.2) is 89.5 Å². The molecule has 1 N–H and O–H groups in total. The van der Waals surface area contributed by atoms with E-state index >= 15 is 4.39 Å². The summed E-state index contributed by atoms with van der Waals surface area (Å²) in [6, 6.07) is 10.8. The molecule has 4 bridgehead atoms. The molecule has 0 unspecified atom stereocenters. The van der Waals surface area contributed by atoms with Crippen LogP contribution in [0.2, 0.25) is 5.02 Å². The number of rotatable bonds is 3. The van der Waals surface area contributed by atoms with Gasteiger partial charge in [0.1, 0.15) is 5.75 Å². The van der Waals surface area contributed by atoms with Crippen LogP contribution >= 0.6 is 11.6 Å². The average molecular weight is 731 g/mol. The molecular weight excluding hydrogens is 683 g/mol. The highest BCUT2D eigenvalue weighted by Crippen LogP contribution is 2.49. The van der Waals surface area contributed by atoms with Crippen molar-refractivity contribution in [1.29, 1.82) is 0 Å². The number of alkyl halides is 1. The van der Waals surface area contributed by atoms with Crippen LogP contribution in [0.25, 0.3) is 0 Å². The van der Waals surface area contributed by atoms with Gasteiger partial charge in [-0.2, -0.15) is 12.7 Å². The number of hydrogen-bond acceptors (Lipinski definition) is 7. The van der Waals surface area contributed by atoms with E-state index in [0.29, 0.717) is 67.1 Å². The maximum atomic E-state index is 17.6. The number of amides is 2. The standard InChI is InChI=1S/C37H48ClFN4O6S/c1-41(2)50(46,47)40-35(45)37(39)20-34(44)42(3)15-12-24-13-16-48-33(17-24)29-9-6-26(29)21-43-22-36(23-49-32-11-7-27(37)19-31(32)43)14-4-5-25-18-28(38)8-10-30(25)36/h7-8,10-11,18-19,24,26,29,33H,4-6,9,12-17,20-23H2,1-3H3,(H,40,45)/t24-,26-,29+,33-,36-,37-/m0/s1. The number of halogens is 2. The normalized spacial score (nSPS) is 31.6. The van der Waals surface area contributed by atoms with Gasteiger partial charge < -0.3 is 19.3 Å². The Morgan fingerprint density at radius 2 is 1.94 bits per heavy atom. The molecule has 2 amide bonds. The van der Waals surface area contributed by atoms with Crippen molar-refractivity contribution in [3.8, 4) is 5.75 Å². The second-order valence-electron chi connectivity index (χ2n) is 15.4. The van der Waals surface area contributed by atoms with Gasteiger partial charge in [-0.05, 0) is 105 Å². The summed E-state index contributed by atoms with van der Waals surface area (Å²) in [6.45, 7) is 2.80. The van der Waals surface area contributed by atoms with E-state index in [2.05, 4.69) is 11.0 Å². The van der Waals surface area contributed by atoms with E-state index in [1.165, 1.54) is 36.2 Å². The maximum Gasteiger partial charge on any atom is 0.303 e. The average Bonchev–Trinajstić information content (AvgIpc) is 3.21. The molecule has 3 aliphatic heterocycles. The number of benzene rings is 2. The van der Waals surface area contributed by atoms with Crippen molar-refractivity contribution < 1.29 is 31.9 Å². The molecule has 7 rings (SSSR count). The third kappa shape index (κ3) is 6.61. The van der Waals surface area contributed by atoms with Crippen molar-refractivity contribution in [2.24, 2.45) is 17.8 Å². The number of fused-ring (bicyclic) bond motifs is 7. The molecule has 0 aromatic heterocycles. The minimum Gasteiger partial charge on any atom is -0.490 e. The smallest absolute Gasteiger partial charge is 0.303 e. The monoisotopic (exact) mass is 730 g/mol. The molecule has 50 heavy (non-hydrogen) atoms. The molecule has 6 atom stereocenters. The first-order valence-corrected chi connectivity index (χ1v) is 19.7. The van der Waals surface area contributed by atoms with E-state index in [9.17, 15) is 18.0 Å². The molecule has 5 aliphatic rings. The second-order valence-corrected chi connectivity index (χ2v) is 17.7. The molecule has 13 heteroatoms. The van der Waals surface area contributed by atoms with Crippen LogP contribution in [-0.2, 0) is 42.0 Å². The number of carbonyl (C=O) groups excluding carboxylic acids is 2. The van der Waals surface area contributed by atoms with Crippen LogP contribution in [0.1, 0.15) is 68.1 Å². The second kappa shape index (κ2) is 13.6. The first kappa shape index (κ1) is 35.5. The Bertz CT molecular complexity index is 1760. The third-order valence-electron chi connectivity index (χ3n) is 12.1. The predicted molar refractivity (Wildman–Crippen MR) is 189 cm³/mol. The number of aryl methyl sites for hydroxylation is 1. The van der Waals surface area contributed by atoms with E-state index in [1.807, 2.05) is 16.9 Å². The van der Waals surface area contributed by atoms with Crippen molar-refractivity contribution in [2.75, 3.05) is 58.9 Å². The number of ether oxygens (including phenoxy) is 2. The van der Waals surface area contributed by atoms with Crippen molar-refractivity contribution in [1.82, 2.24) is 13.9 Å². The van der Waals surface area contributed by atoms with E-state index in [1.54, 1.807) is 19.2 Å². The molecular formula is C37H48ClFN4O6S. The SMILES string of the molecule is CN1CC[C@H]2CCO[C@@H](C2)[C@@H]2CC[C@H]2CN2C[C@@]3(CCCc4cc(Cl)ccc43)COc3ccc(cc32)[C@](F)(C(=O)NS(=O)(=O)N(C)C)CC1=O. The van der Waals surface area contributed by atoms with Gasteiger partial charge in [0.2, 0.25) is 11.6 Å². The first-order chi connectivity index (χ1) is 23.8. The van der Waals surface area contributed by atoms with Crippen molar-refractivity contribution in [3.63, 3.8) is 0 Å². The van der Waals surface area contributed by atoms with E-state index in [-0.39, 0.29) is 17.1 Å². The summed E-state index contributed by atoms with van der Waals surface area (Å²) in [5.74, 6) is -0.336. The molecule has 1 saturated carbocycles. The Morgan fingerprint density at radius 3 is 2.70 bits per heavy atom. The Morgan fingerprint density at radius 1 is 1.12 bits per heavy atom. The number of nitrogens with one attached hydrogen (secondary N) is 1. The quantitative estimate of drug-likeness (QED) is 0.475. The lowest BCUT2D eigenvalue weighted by molar-refractivity contribution is -0.142. The zero-order valence-electron chi connectivity index (χ0n) is 29.1. The highest BCUT2D eigenvalue weighted by atomic mass is 35.5. The zero-order valence-corrected chi connectivity index (χ0v) is 30.7. The number of nitrogens with zero attached hydrogens (tertiary/aromatic N) is 3. The topological polar surface area (TPSA) is 108 Å². The van der Waals surface area contributed by atoms with Crippen LogP contribution in [0.5, 0.6) is 5.75 Å². The lowest BCUT2D eigenvalue weighted by Crippen LogP contribution is -2.51. The van der Waals surface area contributed by atoms with E-state index < -0.39 is 34.1 Å². The lowest BCUT2D eigenvalue weighted by atomic mass is 9.67. The Hall–Kier alpha value is -2.93. The first-order valence-electron chi connectivity index (χ1n) is 17.9. The summed E-state index contributed by atoms with van der Waals surface area (Å²) < 4.78 is 58.9. The zero-order chi connectivity index (χ0) is 35.4. The minimum atomic E-state index is -4.35. The van der Waals surface area contributed by atoms with Crippen molar-refractivity contribution in [3.05, 3.63) is 58.1 Å². The number of hydrogen-bond donors (Lipinski definition) is 1. The molecule has 2 aromatic rings. The van der Waals surface area contributed by atoms with Crippen molar-refractivity contribution in [2.45, 2.75) is 75.0 Å². The van der Waals surface area contributed by atoms with Crippen molar-refractivity contribution >= 4 is 39.3 Å². The molecule has 272 valence electrons. The van der Waals surface area contributed by atoms with Gasteiger partial charge in [0.25, 0.3) is 5.91 Å².